The van der Waals surface area contributed by atoms with Crippen molar-refractivity contribution in [2.24, 2.45) is 0 Å². The van der Waals surface area contributed by atoms with Crippen LogP contribution in [0.25, 0.3) is 0 Å². The molecule has 0 aliphatic carbocycles. The first kappa shape index (κ1) is 23.6. The second-order valence-corrected chi connectivity index (χ2v) is 10.1. The lowest BCUT2D eigenvalue weighted by Gasteiger charge is -2.38. The lowest BCUT2D eigenvalue weighted by Crippen LogP contribution is -2.64. The van der Waals surface area contributed by atoms with Gasteiger partial charge >= 0.3 is 17.4 Å². The van der Waals surface area contributed by atoms with Crippen molar-refractivity contribution in [3.8, 4) is 0 Å². The fraction of sp³-hybridized carbons (Fsp3) is 0.533. The Hall–Kier alpha value is -1.42. The molecule has 0 saturated heterocycles. The van der Waals surface area contributed by atoms with E-state index in [1.807, 2.05) is 0 Å². The number of carbonyl (C=O) groups excluding carboxylic acids is 1. The zero-order valence-corrected chi connectivity index (χ0v) is 16.8. The second kappa shape index (κ2) is 8.30. The van der Waals surface area contributed by atoms with Crippen LogP contribution in [0.2, 0.25) is 0 Å². The molecule has 154 valence electrons. The smallest absolute Gasteiger partial charge is 0.427 e. The Morgan fingerprint density at radius 2 is 1.74 bits per heavy atom. The first-order valence-corrected chi connectivity index (χ1v) is 11.4. The summed E-state index contributed by atoms with van der Waals surface area (Å²) in [5, 5.41) is -4.10. The number of benzene rings is 1. The van der Waals surface area contributed by atoms with Crippen LogP contribution < -0.4 is 4.72 Å². The summed E-state index contributed by atoms with van der Waals surface area (Å²) < 4.78 is 90.8. The number of halogens is 3. The van der Waals surface area contributed by atoms with Gasteiger partial charge in [-0.25, -0.2) is 13.2 Å². The van der Waals surface area contributed by atoms with Gasteiger partial charge in [-0.1, -0.05) is 18.2 Å². The van der Waals surface area contributed by atoms with E-state index in [9.17, 15) is 30.9 Å². The third kappa shape index (κ3) is 4.90. The van der Waals surface area contributed by atoms with Crippen LogP contribution in [0.5, 0.6) is 0 Å². The average molecular weight is 431 g/mol. The first-order valence-electron chi connectivity index (χ1n) is 7.80. The van der Waals surface area contributed by atoms with Crippen LogP contribution in [0.3, 0.4) is 0 Å². The lowest BCUT2D eigenvalue weighted by atomic mass is 10.3. The van der Waals surface area contributed by atoms with Crippen molar-refractivity contribution in [1.29, 1.82) is 0 Å². The molecule has 0 spiro atoms. The first-order chi connectivity index (χ1) is 12.2. The van der Waals surface area contributed by atoms with Crippen LogP contribution in [0.1, 0.15) is 20.8 Å². The summed E-state index contributed by atoms with van der Waals surface area (Å²) in [7, 11) is -9.91. The standard InChI is InChI=1S/C15H21F3NO6PS/c1-5-24-13(20)14(15(16,17)18,26(4,21)25-11(2)3)19-27(22,23)12-9-7-6-8-10-12/h6-11,19H,5H2,1-4H3/t14-,26+/m0/s1. The summed E-state index contributed by atoms with van der Waals surface area (Å²) in [6.07, 6.45) is -6.60. The molecule has 2 atom stereocenters. The largest absolute Gasteiger partial charge is 0.464 e. The molecule has 1 rings (SSSR count). The van der Waals surface area contributed by atoms with Gasteiger partial charge < -0.3 is 9.26 Å². The normalized spacial score (nSPS) is 17.2. The maximum absolute atomic E-state index is 14.1. The predicted octanol–water partition coefficient (Wildman–Crippen LogP) is 3.12. The number of nitrogens with one attached hydrogen (secondary N) is 1. The van der Waals surface area contributed by atoms with Crippen LogP contribution in [0, 0.1) is 0 Å². The molecule has 27 heavy (non-hydrogen) atoms. The number of sulfonamides is 1. The third-order valence-corrected chi connectivity index (χ3v) is 7.55. The summed E-state index contributed by atoms with van der Waals surface area (Å²) >= 11 is 0. The molecule has 0 heterocycles. The van der Waals surface area contributed by atoms with Crippen LogP contribution in [0.4, 0.5) is 13.2 Å². The average Bonchev–Trinajstić information content (AvgIpc) is 2.51. The van der Waals surface area contributed by atoms with E-state index in [1.54, 1.807) is 0 Å². The fourth-order valence-electron chi connectivity index (χ4n) is 2.26. The van der Waals surface area contributed by atoms with Crippen LogP contribution >= 0.6 is 7.37 Å². The third-order valence-electron chi connectivity index (χ3n) is 3.34. The highest BCUT2D eigenvalue weighted by molar-refractivity contribution is 7.90. The highest BCUT2D eigenvalue weighted by atomic mass is 32.2. The van der Waals surface area contributed by atoms with Crippen molar-refractivity contribution in [2.75, 3.05) is 13.3 Å². The summed E-state index contributed by atoms with van der Waals surface area (Å²) in [5.41, 5.74) is 0. The van der Waals surface area contributed by atoms with Gasteiger partial charge in [-0.05, 0) is 32.9 Å². The van der Waals surface area contributed by atoms with Crippen LogP contribution in [-0.4, -0.2) is 45.2 Å². The van der Waals surface area contributed by atoms with E-state index in [0.29, 0.717) is 6.66 Å². The molecule has 0 unspecified atom stereocenters. The molecule has 1 aromatic rings. The SMILES string of the molecule is CCOC(=O)[C@@](NS(=O)(=O)c1ccccc1)(C(F)(F)F)[P@](C)(=O)OC(C)C. The Balaban J connectivity index is 3.71. The molecule has 0 radical (unpaired) electrons. The van der Waals surface area contributed by atoms with Crippen molar-refractivity contribution < 1.29 is 40.2 Å². The summed E-state index contributed by atoms with van der Waals surface area (Å²) in [5.74, 6) is -2.05. The predicted molar refractivity (Wildman–Crippen MR) is 91.9 cm³/mol. The van der Waals surface area contributed by atoms with Gasteiger partial charge in [0.2, 0.25) is 17.4 Å². The molecule has 1 N–H and O–H groups in total. The molecule has 7 nitrogen and oxygen atoms in total. The summed E-state index contributed by atoms with van der Waals surface area (Å²) in [6.45, 7) is 3.88. The van der Waals surface area contributed by atoms with Crippen molar-refractivity contribution in [2.45, 2.75) is 43.2 Å². The van der Waals surface area contributed by atoms with Crippen LogP contribution in [-0.2, 0) is 28.6 Å². The molecule has 12 heteroatoms. The number of hydrogen-bond acceptors (Lipinski definition) is 6. The molecule has 0 fully saturated rings. The Kier molecular flexibility index (Phi) is 7.26. The summed E-state index contributed by atoms with van der Waals surface area (Å²) in [6, 6.07) is 6.07. The minimum Gasteiger partial charge on any atom is -0.464 e. The molecule has 0 saturated carbocycles. The van der Waals surface area contributed by atoms with Crippen molar-refractivity contribution >= 4 is 23.4 Å². The molecule has 0 bridgehead atoms. The molecule has 0 amide bonds. The van der Waals surface area contributed by atoms with E-state index in [1.165, 1.54) is 43.7 Å². The maximum atomic E-state index is 14.1. The Bertz CT molecular complexity index is 813. The van der Waals surface area contributed by atoms with Gasteiger partial charge in [0.15, 0.2) is 0 Å². The van der Waals surface area contributed by atoms with E-state index in [0.717, 1.165) is 12.1 Å². The van der Waals surface area contributed by atoms with Gasteiger partial charge in [-0.3, -0.25) is 4.57 Å². The molecule has 1 aromatic carbocycles. The quantitative estimate of drug-likeness (QED) is 0.502. The molecule has 0 aliphatic heterocycles. The molecule has 0 aromatic heterocycles. The number of carbonyl (C=O) groups is 1. The number of rotatable bonds is 8. The van der Waals surface area contributed by atoms with Gasteiger partial charge in [0.05, 0.1) is 17.6 Å². The molecule has 0 aliphatic rings. The maximum Gasteiger partial charge on any atom is 0.427 e. The lowest BCUT2D eigenvalue weighted by molar-refractivity contribution is -0.192. The highest BCUT2D eigenvalue weighted by Gasteiger charge is 2.73. The minimum absolute atomic E-state index is 0.495. The van der Waals surface area contributed by atoms with E-state index in [-0.39, 0.29) is 0 Å². The zero-order chi connectivity index (χ0) is 21.1. The summed E-state index contributed by atoms with van der Waals surface area (Å²) in [4.78, 5) is 11.8. The Labute approximate surface area is 155 Å². The molecular formula is C15H21F3NO6PS. The van der Waals surface area contributed by atoms with Gasteiger partial charge in [0.25, 0.3) is 0 Å². The topological polar surface area (TPSA) is 98.8 Å². The zero-order valence-electron chi connectivity index (χ0n) is 15.1. The Morgan fingerprint density at radius 1 is 1.22 bits per heavy atom. The van der Waals surface area contributed by atoms with E-state index in [4.69, 9.17) is 4.52 Å². The van der Waals surface area contributed by atoms with E-state index in [2.05, 4.69) is 4.74 Å². The van der Waals surface area contributed by atoms with Crippen LogP contribution in [0.15, 0.2) is 35.2 Å². The van der Waals surface area contributed by atoms with Gasteiger partial charge in [-0.2, -0.15) is 17.9 Å². The van der Waals surface area contributed by atoms with Gasteiger partial charge in [0, 0.05) is 6.66 Å². The monoisotopic (exact) mass is 431 g/mol. The van der Waals surface area contributed by atoms with Crippen molar-refractivity contribution in [1.82, 2.24) is 4.72 Å². The van der Waals surface area contributed by atoms with Crippen molar-refractivity contribution in [3.05, 3.63) is 30.3 Å². The minimum atomic E-state index is -5.61. The highest BCUT2D eigenvalue weighted by Crippen LogP contribution is 2.62. The number of ether oxygens (including phenoxy) is 1. The number of hydrogen-bond donors (Lipinski definition) is 1. The van der Waals surface area contributed by atoms with Gasteiger partial charge in [-0.15, -0.1) is 0 Å². The van der Waals surface area contributed by atoms with E-state index >= 15 is 0 Å². The van der Waals surface area contributed by atoms with Crippen molar-refractivity contribution in [3.63, 3.8) is 0 Å². The second-order valence-electron chi connectivity index (χ2n) is 5.85. The van der Waals surface area contributed by atoms with Gasteiger partial charge in [0.1, 0.15) is 0 Å². The Morgan fingerprint density at radius 3 is 2.15 bits per heavy atom. The number of esters is 1. The number of alkyl halides is 3. The van der Waals surface area contributed by atoms with E-state index < -0.39 is 52.4 Å². The molecular weight excluding hydrogens is 410 g/mol. The fourth-order valence-corrected chi connectivity index (χ4v) is 6.33.